The van der Waals surface area contributed by atoms with Crippen LogP contribution in [0.25, 0.3) is 0 Å². The van der Waals surface area contributed by atoms with Gasteiger partial charge in [-0.15, -0.1) is 0 Å². The molecule has 0 bridgehead atoms. The lowest BCUT2D eigenvalue weighted by atomic mass is 10.2. The Morgan fingerprint density at radius 1 is 1.27 bits per heavy atom. The maximum atomic E-state index is 13.2. The molecule has 10 heteroatoms. The summed E-state index contributed by atoms with van der Waals surface area (Å²) in [6.07, 6.45) is 0.203. The minimum Gasteiger partial charge on any atom is -0.481 e. The van der Waals surface area contributed by atoms with Crippen LogP contribution < -0.4 is 15.0 Å². The van der Waals surface area contributed by atoms with Crippen molar-refractivity contribution >= 4 is 11.8 Å². The van der Waals surface area contributed by atoms with E-state index in [1.807, 2.05) is 17.0 Å². The highest BCUT2D eigenvalue weighted by Gasteiger charge is 2.35. The predicted octanol–water partition coefficient (Wildman–Crippen LogP) is 3.01. The number of carbonyl (C=O) groups is 1. The number of ether oxygens (including phenoxy) is 1. The summed E-state index contributed by atoms with van der Waals surface area (Å²) in [5.41, 5.74) is 0.187. The van der Waals surface area contributed by atoms with E-state index in [1.54, 1.807) is 12.4 Å². The van der Waals surface area contributed by atoms with Gasteiger partial charge in [-0.05, 0) is 36.6 Å². The number of rotatable bonds is 6. The van der Waals surface area contributed by atoms with Crippen molar-refractivity contribution in [1.29, 1.82) is 0 Å². The topological polar surface area (TPSA) is 87.6 Å². The highest BCUT2D eigenvalue weighted by Crippen LogP contribution is 2.36. The second-order valence-corrected chi connectivity index (χ2v) is 6.59. The normalized spacial score (nSPS) is 13.9. The average molecular weight is 426 g/mol. The number of hydrogen-bond donors (Lipinski definition) is 2. The van der Waals surface area contributed by atoms with Crippen LogP contribution in [0.1, 0.15) is 24.5 Å². The van der Waals surface area contributed by atoms with Crippen LogP contribution in [-0.2, 0) is 17.4 Å². The number of aromatic nitrogens is 2. The van der Waals surface area contributed by atoms with Crippen LogP contribution in [0.4, 0.5) is 19.0 Å². The molecule has 164 valence electrons. The first kappa shape index (κ1) is 23.4. The molecule has 1 fully saturated rings. The van der Waals surface area contributed by atoms with Crippen molar-refractivity contribution in [3.8, 4) is 5.88 Å². The molecule has 1 saturated heterocycles. The number of halogens is 3. The minimum absolute atomic E-state index is 0.163. The van der Waals surface area contributed by atoms with E-state index in [4.69, 9.17) is 14.6 Å². The van der Waals surface area contributed by atoms with Crippen molar-refractivity contribution in [3.63, 3.8) is 0 Å². The number of carboxylic acids is 1. The number of pyridine rings is 2. The van der Waals surface area contributed by atoms with E-state index in [-0.39, 0.29) is 12.5 Å². The molecule has 0 amide bonds. The highest BCUT2D eigenvalue weighted by molar-refractivity contribution is 5.62. The second-order valence-electron chi connectivity index (χ2n) is 6.59. The van der Waals surface area contributed by atoms with E-state index < -0.39 is 17.7 Å². The number of piperazine rings is 1. The first-order valence-electron chi connectivity index (χ1n) is 9.52. The minimum atomic E-state index is -4.49. The van der Waals surface area contributed by atoms with Crippen LogP contribution in [0.15, 0.2) is 36.7 Å². The van der Waals surface area contributed by atoms with Crippen LogP contribution in [0.5, 0.6) is 5.88 Å². The summed E-state index contributed by atoms with van der Waals surface area (Å²) in [4.78, 5) is 19.1. The number of nitrogens with one attached hydrogen (secondary N) is 1. The molecule has 3 heterocycles. The predicted molar refractivity (Wildman–Crippen MR) is 106 cm³/mol. The summed E-state index contributed by atoms with van der Waals surface area (Å²) in [6.45, 7) is 4.22. The van der Waals surface area contributed by atoms with Gasteiger partial charge in [0.25, 0.3) is 5.97 Å². The van der Waals surface area contributed by atoms with Crippen LogP contribution in [-0.4, -0.2) is 53.8 Å². The summed E-state index contributed by atoms with van der Waals surface area (Å²) < 4.78 is 45.2. The Hall–Kier alpha value is -2.88. The smallest absolute Gasteiger partial charge is 0.421 e. The van der Waals surface area contributed by atoms with E-state index in [2.05, 4.69) is 15.3 Å². The molecule has 0 atom stereocenters. The molecule has 7 nitrogen and oxygen atoms in total. The Kier molecular flexibility index (Phi) is 8.85. The zero-order chi connectivity index (χ0) is 22.0. The summed E-state index contributed by atoms with van der Waals surface area (Å²) in [5.74, 6) is -0.665. The quantitative estimate of drug-likeness (QED) is 0.687. The fourth-order valence-electron chi connectivity index (χ4n) is 2.82. The standard InChI is InChI=1S/C18H21F3N4O.C2H4O2/c19-18(20,21)15-5-6-16(25-10-8-22-9-11-25)24-17(15)26-12-2-4-14-3-1-7-23-13-14;1-2(3)4/h1,3,5-7,13,22H,2,4,8-12H2;1H3,(H,3,4). The van der Waals surface area contributed by atoms with Crippen molar-refractivity contribution in [2.24, 2.45) is 0 Å². The van der Waals surface area contributed by atoms with Crippen LogP contribution in [0.2, 0.25) is 0 Å². The molecule has 2 aromatic heterocycles. The van der Waals surface area contributed by atoms with Crippen LogP contribution in [0, 0.1) is 0 Å². The number of alkyl halides is 3. The molecule has 2 N–H and O–H groups in total. The highest BCUT2D eigenvalue weighted by atomic mass is 19.4. The molecule has 0 aromatic carbocycles. The summed E-state index contributed by atoms with van der Waals surface area (Å²) >= 11 is 0. The first-order valence-corrected chi connectivity index (χ1v) is 9.52. The fourth-order valence-corrected chi connectivity index (χ4v) is 2.82. The average Bonchev–Trinajstić information content (AvgIpc) is 2.71. The van der Waals surface area contributed by atoms with Gasteiger partial charge in [-0.3, -0.25) is 9.78 Å². The maximum Gasteiger partial charge on any atom is 0.421 e. The molecule has 0 aliphatic carbocycles. The van der Waals surface area contributed by atoms with Gasteiger partial charge in [0.15, 0.2) is 0 Å². The lowest BCUT2D eigenvalue weighted by Gasteiger charge is -2.29. The third-order valence-corrected chi connectivity index (χ3v) is 4.16. The lowest BCUT2D eigenvalue weighted by Crippen LogP contribution is -2.43. The second kappa shape index (κ2) is 11.3. The van der Waals surface area contributed by atoms with Gasteiger partial charge in [0.05, 0.1) is 6.61 Å². The maximum absolute atomic E-state index is 13.2. The largest absolute Gasteiger partial charge is 0.481 e. The van der Waals surface area contributed by atoms with Crippen molar-refractivity contribution in [2.45, 2.75) is 25.9 Å². The van der Waals surface area contributed by atoms with Crippen LogP contribution in [0.3, 0.4) is 0 Å². The van der Waals surface area contributed by atoms with E-state index in [0.29, 0.717) is 31.7 Å². The van der Waals surface area contributed by atoms with E-state index in [0.717, 1.165) is 31.6 Å². The number of anilines is 1. The SMILES string of the molecule is CC(=O)O.FC(F)(F)c1ccc(N2CCNCC2)nc1OCCCc1cccnc1. The van der Waals surface area contributed by atoms with Gasteiger partial charge in [0.2, 0.25) is 5.88 Å². The number of hydrogen-bond acceptors (Lipinski definition) is 6. The molecule has 0 spiro atoms. The van der Waals surface area contributed by atoms with Gasteiger partial charge in [-0.25, -0.2) is 0 Å². The zero-order valence-electron chi connectivity index (χ0n) is 16.7. The van der Waals surface area contributed by atoms with E-state index >= 15 is 0 Å². The monoisotopic (exact) mass is 426 g/mol. The molecule has 30 heavy (non-hydrogen) atoms. The van der Waals surface area contributed by atoms with E-state index in [9.17, 15) is 13.2 Å². The lowest BCUT2D eigenvalue weighted by molar-refractivity contribution is -0.139. The summed E-state index contributed by atoms with van der Waals surface area (Å²) in [7, 11) is 0. The molecule has 0 saturated carbocycles. The third-order valence-electron chi connectivity index (χ3n) is 4.16. The van der Waals surface area contributed by atoms with Crippen molar-refractivity contribution < 1.29 is 27.8 Å². The Morgan fingerprint density at radius 3 is 2.57 bits per heavy atom. The van der Waals surface area contributed by atoms with Gasteiger partial charge >= 0.3 is 6.18 Å². The third kappa shape index (κ3) is 7.86. The molecular formula is C20H25F3N4O3. The number of carboxylic acid groups (broad SMARTS) is 1. The van der Waals surface area contributed by atoms with Crippen molar-refractivity contribution in [2.75, 3.05) is 37.7 Å². The van der Waals surface area contributed by atoms with Crippen LogP contribution >= 0.6 is 0 Å². The number of aliphatic carboxylic acids is 1. The molecule has 0 radical (unpaired) electrons. The number of nitrogens with zero attached hydrogens (tertiary/aromatic N) is 3. The van der Waals surface area contributed by atoms with Gasteiger partial charge in [0, 0.05) is 45.5 Å². The van der Waals surface area contributed by atoms with Gasteiger partial charge in [-0.1, -0.05) is 6.07 Å². The van der Waals surface area contributed by atoms with Gasteiger partial charge < -0.3 is 20.1 Å². The molecule has 3 rings (SSSR count). The molecule has 1 aliphatic rings. The van der Waals surface area contributed by atoms with Crippen molar-refractivity contribution in [3.05, 3.63) is 47.8 Å². The molecular weight excluding hydrogens is 401 g/mol. The van der Waals surface area contributed by atoms with E-state index in [1.165, 1.54) is 6.07 Å². The summed E-state index contributed by atoms with van der Waals surface area (Å²) in [6, 6.07) is 6.23. The number of aryl methyl sites for hydroxylation is 1. The summed E-state index contributed by atoms with van der Waals surface area (Å²) in [5, 5.41) is 10.6. The molecule has 0 unspecified atom stereocenters. The molecule has 2 aromatic rings. The Labute approximate surface area is 172 Å². The Morgan fingerprint density at radius 2 is 1.97 bits per heavy atom. The fraction of sp³-hybridized carbons (Fsp3) is 0.450. The van der Waals surface area contributed by atoms with Crippen molar-refractivity contribution in [1.82, 2.24) is 15.3 Å². The zero-order valence-corrected chi connectivity index (χ0v) is 16.7. The first-order chi connectivity index (χ1) is 14.3. The Balaban J connectivity index is 0.000000735. The molecule has 1 aliphatic heterocycles. The Bertz CT molecular complexity index is 794. The van der Waals surface area contributed by atoms with Gasteiger partial charge in [-0.2, -0.15) is 18.2 Å². The van der Waals surface area contributed by atoms with Gasteiger partial charge in [0.1, 0.15) is 11.4 Å².